The summed E-state index contributed by atoms with van der Waals surface area (Å²) in [6.07, 6.45) is 3.17. The highest BCUT2D eigenvalue weighted by molar-refractivity contribution is 7.14. The number of ether oxygens (including phenoxy) is 2. The van der Waals surface area contributed by atoms with Crippen LogP contribution in [0.3, 0.4) is 0 Å². The van der Waals surface area contributed by atoms with Gasteiger partial charge in [-0.25, -0.2) is 9.78 Å². The van der Waals surface area contributed by atoms with Crippen LogP contribution in [0.4, 0.5) is 5.13 Å². The predicted molar refractivity (Wildman–Crippen MR) is 118 cm³/mol. The first-order chi connectivity index (χ1) is 14.9. The fourth-order valence-corrected chi connectivity index (χ4v) is 4.31. The van der Waals surface area contributed by atoms with Crippen molar-refractivity contribution in [3.63, 3.8) is 0 Å². The zero-order valence-electron chi connectivity index (χ0n) is 17.9. The Kier molecular flexibility index (Phi) is 7.62. The monoisotopic (exact) mass is 445 g/mol. The zero-order chi connectivity index (χ0) is 22.4. The molecule has 31 heavy (non-hydrogen) atoms. The SMILES string of the molecule is CCOC(=O)c1csc(NC(=O)c2ccc(OCC(=O)N3C(C)CCCC3C)cc2)n1. The summed E-state index contributed by atoms with van der Waals surface area (Å²) in [5.41, 5.74) is 0.567. The number of piperidine rings is 1. The Morgan fingerprint density at radius 3 is 2.48 bits per heavy atom. The van der Waals surface area contributed by atoms with Crippen molar-refractivity contribution in [2.45, 2.75) is 52.1 Å². The summed E-state index contributed by atoms with van der Waals surface area (Å²) < 4.78 is 10.5. The van der Waals surface area contributed by atoms with Crippen molar-refractivity contribution in [1.29, 1.82) is 0 Å². The topological polar surface area (TPSA) is 97.8 Å². The molecule has 1 fully saturated rings. The number of benzene rings is 1. The van der Waals surface area contributed by atoms with Gasteiger partial charge in [0.25, 0.3) is 11.8 Å². The van der Waals surface area contributed by atoms with Crippen LogP contribution in [0.25, 0.3) is 0 Å². The minimum atomic E-state index is -0.524. The standard InChI is InChI=1S/C22H27N3O5S/c1-4-29-21(28)18-13-31-22(23-18)24-20(27)16-8-10-17(11-9-16)30-12-19(26)25-14(2)6-5-7-15(25)3/h8-11,13-15H,4-7,12H2,1-3H3,(H,23,24,27). The minimum absolute atomic E-state index is 0.0253. The third-order valence-corrected chi connectivity index (χ3v) is 5.93. The van der Waals surface area contributed by atoms with Crippen molar-refractivity contribution >= 4 is 34.3 Å². The lowest BCUT2D eigenvalue weighted by Crippen LogP contribution is -2.49. The quantitative estimate of drug-likeness (QED) is 0.652. The van der Waals surface area contributed by atoms with Gasteiger partial charge in [0.15, 0.2) is 17.4 Å². The number of esters is 1. The number of nitrogens with one attached hydrogen (secondary N) is 1. The molecule has 8 nitrogen and oxygen atoms in total. The highest BCUT2D eigenvalue weighted by Gasteiger charge is 2.29. The first kappa shape index (κ1) is 22.7. The summed E-state index contributed by atoms with van der Waals surface area (Å²) in [7, 11) is 0. The Labute approximate surface area is 185 Å². The van der Waals surface area contributed by atoms with E-state index in [0.29, 0.717) is 16.4 Å². The van der Waals surface area contributed by atoms with Crippen molar-refractivity contribution in [2.75, 3.05) is 18.5 Å². The molecule has 1 aromatic heterocycles. The van der Waals surface area contributed by atoms with E-state index in [1.165, 1.54) is 5.38 Å². The third kappa shape index (κ3) is 5.81. The number of thiazole rings is 1. The molecule has 2 aromatic rings. The van der Waals surface area contributed by atoms with Gasteiger partial charge in [0, 0.05) is 23.0 Å². The van der Waals surface area contributed by atoms with Crippen molar-refractivity contribution in [3.8, 4) is 5.75 Å². The molecule has 0 aliphatic carbocycles. The molecule has 1 aliphatic heterocycles. The summed E-state index contributed by atoms with van der Waals surface area (Å²) in [6, 6.07) is 6.97. The van der Waals surface area contributed by atoms with Gasteiger partial charge in [-0.2, -0.15) is 0 Å². The van der Waals surface area contributed by atoms with E-state index in [4.69, 9.17) is 9.47 Å². The lowest BCUT2D eigenvalue weighted by molar-refractivity contribution is -0.139. The fraction of sp³-hybridized carbons (Fsp3) is 0.455. The predicted octanol–water partition coefficient (Wildman–Crippen LogP) is 3.74. The Morgan fingerprint density at radius 1 is 1.16 bits per heavy atom. The van der Waals surface area contributed by atoms with Crippen molar-refractivity contribution in [1.82, 2.24) is 9.88 Å². The number of carbonyl (C=O) groups excluding carboxylic acids is 3. The maximum absolute atomic E-state index is 12.6. The maximum Gasteiger partial charge on any atom is 0.357 e. The van der Waals surface area contributed by atoms with Crippen molar-refractivity contribution < 1.29 is 23.9 Å². The summed E-state index contributed by atoms with van der Waals surface area (Å²) in [5, 5.41) is 4.50. The van der Waals surface area contributed by atoms with E-state index in [1.807, 2.05) is 4.90 Å². The number of hydrogen-bond donors (Lipinski definition) is 1. The molecule has 1 aliphatic rings. The number of nitrogens with zero attached hydrogens (tertiary/aromatic N) is 2. The molecule has 1 aromatic carbocycles. The molecule has 0 bridgehead atoms. The molecule has 2 amide bonds. The highest BCUT2D eigenvalue weighted by Crippen LogP contribution is 2.23. The number of aromatic nitrogens is 1. The van der Waals surface area contributed by atoms with Crippen LogP contribution in [0.1, 0.15) is 60.9 Å². The van der Waals surface area contributed by atoms with Crippen molar-refractivity contribution in [2.24, 2.45) is 0 Å². The van der Waals surface area contributed by atoms with E-state index >= 15 is 0 Å². The molecule has 3 rings (SSSR count). The van der Waals surface area contributed by atoms with Crippen LogP contribution in [-0.4, -0.2) is 53.0 Å². The number of amides is 2. The Morgan fingerprint density at radius 2 is 1.84 bits per heavy atom. The summed E-state index contributed by atoms with van der Waals surface area (Å²) >= 11 is 1.14. The van der Waals surface area contributed by atoms with Gasteiger partial charge in [0.05, 0.1) is 6.61 Å². The molecule has 2 atom stereocenters. The van der Waals surface area contributed by atoms with E-state index in [0.717, 1.165) is 30.6 Å². The van der Waals surface area contributed by atoms with Gasteiger partial charge in [-0.1, -0.05) is 0 Å². The normalized spacial score (nSPS) is 18.4. The van der Waals surface area contributed by atoms with Crippen LogP contribution >= 0.6 is 11.3 Å². The van der Waals surface area contributed by atoms with Gasteiger partial charge in [0.1, 0.15) is 5.75 Å². The smallest absolute Gasteiger partial charge is 0.357 e. The van der Waals surface area contributed by atoms with Crippen LogP contribution in [0, 0.1) is 0 Å². The lowest BCUT2D eigenvalue weighted by atomic mass is 9.97. The van der Waals surface area contributed by atoms with E-state index < -0.39 is 5.97 Å². The van der Waals surface area contributed by atoms with Gasteiger partial charge in [-0.3, -0.25) is 14.9 Å². The van der Waals surface area contributed by atoms with E-state index in [9.17, 15) is 14.4 Å². The third-order valence-electron chi connectivity index (χ3n) is 5.17. The van der Waals surface area contributed by atoms with Gasteiger partial charge in [-0.15, -0.1) is 11.3 Å². The molecule has 9 heteroatoms. The van der Waals surface area contributed by atoms with Crippen molar-refractivity contribution in [3.05, 3.63) is 40.9 Å². The number of carbonyl (C=O) groups is 3. The largest absolute Gasteiger partial charge is 0.484 e. The average Bonchev–Trinajstić information content (AvgIpc) is 3.21. The summed E-state index contributed by atoms with van der Waals surface area (Å²) in [4.78, 5) is 42.6. The van der Waals surface area contributed by atoms with Crippen LogP contribution < -0.4 is 10.1 Å². The second-order valence-electron chi connectivity index (χ2n) is 7.46. The molecule has 0 radical (unpaired) electrons. The van der Waals surface area contributed by atoms with Crippen LogP contribution in [0.2, 0.25) is 0 Å². The summed E-state index contributed by atoms with van der Waals surface area (Å²) in [5.74, 6) is -0.393. The number of hydrogen-bond acceptors (Lipinski definition) is 7. The van der Waals surface area contributed by atoms with E-state index in [2.05, 4.69) is 24.1 Å². The highest BCUT2D eigenvalue weighted by atomic mass is 32.1. The molecular formula is C22H27N3O5S. The molecule has 1 saturated heterocycles. The molecule has 1 N–H and O–H groups in total. The Bertz CT molecular complexity index is 917. The second kappa shape index (κ2) is 10.4. The molecule has 166 valence electrons. The van der Waals surface area contributed by atoms with Gasteiger partial charge >= 0.3 is 5.97 Å². The second-order valence-corrected chi connectivity index (χ2v) is 8.31. The molecule has 0 spiro atoms. The molecule has 2 heterocycles. The van der Waals surface area contributed by atoms with Crippen LogP contribution in [0.5, 0.6) is 5.75 Å². The van der Waals surface area contributed by atoms with Gasteiger partial charge in [0.2, 0.25) is 0 Å². The zero-order valence-corrected chi connectivity index (χ0v) is 18.7. The number of rotatable bonds is 7. The van der Waals surface area contributed by atoms with Gasteiger partial charge < -0.3 is 14.4 Å². The minimum Gasteiger partial charge on any atom is -0.484 e. The molecule has 0 saturated carbocycles. The number of likely N-dealkylation sites (tertiary alicyclic amines) is 1. The maximum atomic E-state index is 12.6. The van der Waals surface area contributed by atoms with Gasteiger partial charge in [-0.05, 0) is 64.3 Å². The van der Waals surface area contributed by atoms with E-state index in [-0.39, 0.29) is 42.8 Å². The Hall–Kier alpha value is -2.94. The first-order valence-corrected chi connectivity index (χ1v) is 11.2. The first-order valence-electron chi connectivity index (χ1n) is 10.4. The average molecular weight is 446 g/mol. The lowest BCUT2D eigenvalue weighted by Gasteiger charge is -2.38. The molecule has 2 unspecified atom stereocenters. The summed E-state index contributed by atoms with van der Waals surface area (Å²) in [6.45, 7) is 6.08. The molecular weight excluding hydrogens is 418 g/mol. The fourth-order valence-electron chi connectivity index (χ4n) is 3.63. The number of anilines is 1. The Balaban J connectivity index is 1.53. The van der Waals surface area contributed by atoms with E-state index in [1.54, 1.807) is 31.2 Å². The van der Waals surface area contributed by atoms with Crippen LogP contribution in [0.15, 0.2) is 29.6 Å². The van der Waals surface area contributed by atoms with Crippen LogP contribution in [-0.2, 0) is 9.53 Å².